The van der Waals surface area contributed by atoms with Crippen molar-refractivity contribution in [1.82, 2.24) is 9.55 Å². The quantitative estimate of drug-likeness (QED) is 0.788. The third kappa shape index (κ3) is 1.99. The molecule has 2 aromatic rings. The van der Waals surface area contributed by atoms with Gasteiger partial charge in [0.15, 0.2) is 5.15 Å². The van der Waals surface area contributed by atoms with Crippen LogP contribution in [0.15, 0.2) is 33.9 Å². The molecule has 0 saturated heterocycles. The summed E-state index contributed by atoms with van der Waals surface area (Å²) in [5.41, 5.74) is -2.04. The van der Waals surface area contributed by atoms with Crippen LogP contribution in [0.2, 0.25) is 5.15 Å². The highest BCUT2D eigenvalue weighted by molar-refractivity contribution is 6.29. The molecule has 4 nitrogen and oxygen atoms in total. The number of nitrogens with zero attached hydrogens (tertiary/aromatic N) is 1. The van der Waals surface area contributed by atoms with Crippen LogP contribution in [0.3, 0.4) is 0 Å². The fourth-order valence-corrected chi connectivity index (χ4v) is 1.48. The Kier molecular flexibility index (Phi) is 2.81. The minimum Gasteiger partial charge on any atom is -0.295 e. The SMILES string of the molecule is O=c1[nH]c(Cl)c(F)c(=O)n1-c1ccc(F)cc1. The summed E-state index contributed by atoms with van der Waals surface area (Å²) in [7, 11) is 0. The van der Waals surface area contributed by atoms with E-state index in [4.69, 9.17) is 11.6 Å². The third-order valence-corrected chi connectivity index (χ3v) is 2.35. The van der Waals surface area contributed by atoms with Crippen molar-refractivity contribution in [1.29, 1.82) is 0 Å². The molecule has 2 rings (SSSR count). The first-order valence-electron chi connectivity index (χ1n) is 4.47. The third-order valence-electron chi connectivity index (χ3n) is 2.09. The molecule has 0 aliphatic carbocycles. The molecule has 0 radical (unpaired) electrons. The van der Waals surface area contributed by atoms with E-state index in [2.05, 4.69) is 0 Å². The normalized spacial score (nSPS) is 10.5. The minimum absolute atomic E-state index is 0.0493. The highest BCUT2D eigenvalue weighted by Crippen LogP contribution is 2.07. The van der Waals surface area contributed by atoms with Crippen molar-refractivity contribution in [3.8, 4) is 5.69 Å². The zero-order valence-electron chi connectivity index (χ0n) is 8.21. The number of halogens is 3. The highest BCUT2D eigenvalue weighted by atomic mass is 35.5. The number of benzene rings is 1. The van der Waals surface area contributed by atoms with Crippen LogP contribution in [0.25, 0.3) is 5.69 Å². The standard InChI is InChI=1S/C10H5ClF2N2O2/c11-8-7(13)9(16)15(10(17)14-8)6-3-1-5(12)2-4-6/h1-4H,(H,14,17). The van der Waals surface area contributed by atoms with Crippen LogP contribution >= 0.6 is 11.6 Å². The Morgan fingerprint density at radius 2 is 1.71 bits per heavy atom. The Labute approximate surface area is 98.1 Å². The van der Waals surface area contributed by atoms with Crippen LogP contribution in [0.1, 0.15) is 0 Å². The first-order chi connectivity index (χ1) is 8.00. The Bertz CT molecular complexity index is 676. The molecule has 0 saturated carbocycles. The maximum atomic E-state index is 13.2. The van der Waals surface area contributed by atoms with Crippen molar-refractivity contribution >= 4 is 11.6 Å². The second-order valence-electron chi connectivity index (χ2n) is 3.18. The lowest BCUT2D eigenvalue weighted by Gasteiger charge is -2.04. The zero-order valence-corrected chi connectivity index (χ0v) is 8.96. The van der Waals surface area contributed by atoms with Crippen LogP contribution in [0.5, 0.6) is 0 Å². The molecule has 0 bridgehead atoms. The van der Waals surface area contributed by atoms with Crippen LogP contribution in [-0.2, 0) is 0 Å². The summed E-state index contributed by atoms with van der Waals surface area (Å²) in [5.74, 6) is -1.80. The molecule has 7 heteroatoms. The monoisotopic (exact) mass is 258 g/mol. The Morgan fingerprint density at radius 3 is 2.29 bits per heavy atom. The van der Waals surface area contributed by atoms with Crippen LogP contribution in [0, 0.1) is 11.6 Å². The highest BCUT2D eigenvalue weighted by Gasteiger charge is 2.13. The summed E-state index contributed by atoms with van der Waals surface area (Å²) in [6.45, 7) is 0. The van der Waals surface area contributed by atoms with Gasteiger partial charge < -0.3 is 0 Å². The molecule has 1 N–H and O–H groups in total. The molecule has 0 amide bonds. The van der Waals surface area contributed by atoms with Crippen molar-refractivity contribution < 1.29 is 8.78 Å². The predicted octanol–water partition coefficient (Wildman–Crippen LogP) is 1.46. The second-order valence-corrected chi connectivity index (χ2v) is 3.55. The van der Waals surface area contributed by atoms with E-state index in [-0.39, 0.29) is 5.69 Å². The van der Waals surface area contributed by atoms with Gasteiger partial charge in [-0.3, -0.25) is 9.78 Å². The first kappa shape index (κ1) is 11.5. The molecule has 1 aromatic carbocycles. The van der Waals surface area contributed by atoms with E-state index in [1.165, 1.54) is 12.1 Å². The van der Waals surface area contributed by atoms with E-state index in [0.29, 0.717) is 4.57 Å². The largest absolute Gasteiger partial charge is 0.334 e. The zero-order chi connectivity index (χ0) is 12.6. The van der Waals surface area contributed by atoms with E-state index >= 15 is 0 Å². The van der Waals surface area contributed by atoms with E-state index in [1.807, 2.05) is 4.98 Å². The average Bonchev–Trinajstić information content (AvgIpc) is 2.29. The van der Waals surface area contributed by atoms with Crippen molar-refractivity contribution in [2.75, 3.05) is 0 Å². The molecule has 17 heavy (non-hydrogen) atoms. The lowest BCUT2D eigenvalue weighted by molar-refractivity contribution is 0.584. The summed E-state index contributed by atoms with van der Waals surface area (Å²) >= 11 is 5.30. The molecule has 88 valence electrons. The summed E-state index contributed by atoms with van der Waals surface area (Å²) in [4.78, 5) is 24.9. The summed E-state index contributed by atoms with van der Waals surface area (Å²) in [6, 6.07) is 4.46. The summed E-state index contributed by atoms with van der Waals surface area (Å²) in [6.07, 6.45) is 0. The number of aromatic nitrogens is 2. The van der Waals surface area contributed by atoms with Gasteiger partial charge in [-0.2, -0.15) is 4.39 Å². The van der Waals surface area contributed by atoms with Gasteiger partial charge in [0.25, 0.3) is 5.56 Å². The van der Waals surface area contributed by atoms with E-state index in [0.717, 1.165) is 12.1 Å². The summed E-state index contributed by atoms with van der Waals surface area (Å²) < 4.78 is 26.4. The lowest BCUT2D eigenvalue weighted by atomic mass is 10.3. The Hall–Kier alpha value is -1.95. The van der Waals surface area contributed by atoms with Crippen LogP contribution in [0.4, 0.5) is 8.78 Å². The smallest absolute Gasteiger partial charge is 0.295 e. The second kappa shape index (κ2) is 4.14. The number of H-pyrrole nitrogens is 1. The fourth-order valence-electron chi connectivity index (χ4n) is 1.31. The number of hydrogen-bond acceptors (Lipinski definition) is 2. The van der Waals surface area contributed by atoms with Gasteiger partial charge in [-0.15, -0.1) is 0 Å². The fraction of sp³-hybridized carbons (Fsp3) is 0. The van der Waals surface area contributed by atoms with Gasteiger partial charge in [0.1, 0.15) is 5.82 Å². The van der Waals surface area contributed by atoms with Gasteiger partial charge in [-0.1, -0.05) is 11.6 Å². The maximum Gasteiger partial charge on any atom is 0.334 e. The average molecular weight is 259 g/mol. The topological polar surface area (TPSA) is 54.9 Å². The first-order valence-corrected chi connectivity index (χ1v) is 4.85. The molecule has 0 fully saturated rings. The van der Waals surface area contributed by atoms with Gasteiger partial charge >= 0.3 is 5.69 Å². The van der Waals surface area contributed by atoms with Gasteiger partial charge in [-0.05, 0) is 24.3 Å². The maximum absolute atomic E-state index is 13.2. The molecule has 1 aromatic heterocycles. The van der Waals surface area contributed by atoms with Gasteiger partial charge in [-0.25, -0.2) is 13.8 Å². The molecule has 1 heterocycles. The molecule has 0 spiro atoms. The van der Waals surface area contributed by atoms with Gasteiger partial charge in [0, 0.05) is 0 Å². The van der Waals surface area contributed by atoms with Gasteiger partial charge in [0.2, 0.25) is 5.82 Å². The van der Waals surface area contributed by atoms with E-state index in [1.54, 1.807) is 0 Å². The molecule has 0 aliphatic heterocycles. The van der Waals surface area contributed by atoms with Crippen molar-refractivity contribution in [2.45, 2.75) is 0 Å². The predicted molar refractivity (Wildman–Crippen MR) is 57.6 cm³/mol. The van der Waals surface area contributed by atoms with Crippen molar-refractivity contribution in [3.63, 3.8) is 0 Å². The number of nitrogens with one attached hydrogen (secondary N) is 1. The van der Waals surface area contributed by atoms with E-state index in [9.17, 15) is 18.4 Å². The van der Waals surface area contributed by atoms with E-state index < -0.39 is 28.0 Å². The van der Waals surface area contributed by atoms with Crippen molar-refractivity contribution in [3.05, 3.63) is 61.9 Å². The number of hydrogen-bond donors (Lipinski definition) is 1. The molecule has 0 unspecified atom stereocenters. The Morgan fingerprint density at radius 1 is 1.12 bits per heavy atom. The Balaban J connectivity index is 2.77. The molecular formula is C10H5ClF2N2O2. The van der Waals surface area contributed by atoms with Crippen molar-refractivity contribution in [2.24, 2.45) is 0 Å². The molecule has 0 aliphatic rings. The van der Waals surface area contributed by atoms with Gasteiger partial charge in [0.05, 0.1) is 5.69 Å². The van der Waals surface area contributed by atoms with Crippen LogP contribution < -0.4 is 11.2 Å². The minimum atomic E-state index is -1.27. The number of rotatable bonds is 1. The summed E-state index contributed by atoms with van der Waals surface area (Å²) in [5, 5.41) is -0.654. The lowest BCUT2D eigenvalue weighted by Crippen LogP contribution is -2.35. The molecular weight excluding hydrogens is 254 g/mol. The van der Waals surface area contributed by atoms with Crippen LogP contribution in [-0.4, -0.2) is 9.55 Å². The number of aromatic amines is 1. The molecule has 0 atom stereocenters.